The Bertz CT molecular complexity index is 1610. The van der Waals surface area contributed by atoms with Crippen molar-refractivity contribution in [3.63, 3.8) is 0 Å². The Morgan fingerprint density at radius 1 is 0.263 bits per heavy atom. The summed E-state index contributed by atoms with van der Waals surface area (Å²) in [5.41, 5.74) is 0. The predicted octanol–water partition coefficient (Wildman–Crippen LogP) is 23.4. The van der Waals surface area contributed by atoms with Crippen LogP contribution in [0.2, 0.25) is 0 Å². The van der Waals surface area contributed by atoms with E-state index in [1.54, 1.807) is 0 Å². The van der Waals surface area contributed by atoms with Crippen LogP contribution in [-0.4, -0.2) is 37.2 Å². The second kappa shape index (κ2) is 67.6. The van der Waals surface area contributed by atoms with Gasteiger partial charge in [-0.1, -0.05) is 329 Å². The van der Waals surface area contributed by atoms with Crippen molar-refractivity contribution in [2.45, 2.75) is 329 Å². The van der Waals surface area contributed by atoms with Crippen molar-refractivity contribution in [1.29, 1.82) is 0 Å². The fraction of sp³-hybridized carbons (Fsp3) is 0.716. The molecule has 0 radical (unpaired) electrons. The zero-order chi connectivity index (χ0) is 57.8. The van der Waals surface area contributed by atoms with Gasteiger partial charge in [-0.15, -0.1) is 0 Å². The van der Waals surface area contributed by atoms with Crippen LogP contribution in [0.15, 0.2) is 109 Å². The van der Waals surface area contributed by atoms with Gasteiger partial charge < -0.3 is 14.2 Å². The SMILES string of the molecule is CC/C=C\C/C=C\C/C=C\C/C=C\C/C=C\C/C=C\C/C=C\C/C=C\C/C=C\CCCC(=O)OCC(COC(=O)CCCCCCCC)OC(=O)CCCCCCCCCCCCCCCCCCCCCCCCCCCCC. The highest BCUT2D eigenvalue weighted by Gasteiger charge is 2.19. The third-order valence-corrected chi connectivity index (χ3v) is 14.5. The van der Waals surface area contributed by atoms with E-state index in [-0.39, 0.29) is 37.5 Å². The number of unbranched alkanes of at least 4 members (excludes halogenated alkanes) is 32. The molecule has 0 aromatic carbocycles. The summed E-state index contributed by atoms with van der Waals surface area (Å²) in [5, 5.41) is 0. The van der Waals surface area contributed by atoms with Crippen LogP contribution in [0.3, 0.4) is 0 Å². The number of esters is 3. The Morgan fingerprint density at radius 2 is 0.487 bits per heavy atom. The number of carbonyl (C=O) groups excluding carboxylic acids is 3. The molecule has 0 N–H and O–H groups in total. The molecule has 1 unspecified atom stereocenters. The summed E-state index contributed by atoms with van der Waals surface area (Å²) in [6.45, 7) is 6.45. The van der Waals surface area contributed by atoms with Gasteiger partial charge in [0.05, 0.1) is 0 Å². The second-order valence-electron chi connectivity index (χ2n) is 22.4. The van der Waals surface area contributed by atoms with Crippen molar-refractivity contribution in [2.75, 3.05) is 13.2 Å². The van der Waals surface area contributed by atoms with Crippen LogP contribution >= 0.6 is 0 Å². The van der Waals surface area contributed by atoms with E-state index in [0.717, 1.165) is 103 Å². The first-order chi connectivity index (χ1) is 39.5. The first kappa shape index (κ1) is 76.1. The lowest BCUT2D eigenvalue weighted by molar-refractivity contribution is -0.167. The summed E-state index contributed by atoms with van der Waals surface area (Å²) in [4.78, 5) is 38.0. The molecular formula is C74H126O6. The van der Waals surface area contributed by atoms with E-state index >= 15 is 0 Å². The Hall–Kier alpha value is -3.93. The standard InChI is InChI=1S/C74H126O6/c1-4-7-10-13-16-18-20-22-24-26-28-30-32-34-36-37-39-40-42-44-46-48-50-52-54-56-58-61-64-67-73(76)79-70-71(69-78-72(75)66-63-60-15-12-9-6-3)80-74(77)68-65-62-59-57-55-53-51-49-47-45-43-41-38-35-33-31-29-27-25-23-21-19-17-14-11-8-5-2/h7,10,16,18,22,24,28,30,34,36,39-40,44,46,50,52,56,58,71H,4-6,8-9,11-15,17,19-21,23,25-27,29,31-33,35,37-38,41-43,45,47-49,51,53-55,57,59-70H2,1-3H3/b10-7-,18-16-,24-22-,30-28-,36-34-,40-39-,46-44-,52-50-,58-56-. The van der Waals surface area contributed by atoms with E-state index in [1.807, 2.05) is 0 Å². The normalized spacial score (nSPS) is 12.8. The van der Waals surface area contributed by atoms with Gasteiger partial charge in [0, 0.05) is 19.3 Å². The Kier molecular flexibility index (Phi) is 64.3. The summed E-state index contributed by atoms with van der Waals surface area (Å²) in [7, 11) is 0. The van der Waals surface area contributed by atoms with Crippen LogP contribution in [0.5, 0.6) is 0 Å². The monoisotopic (exact) mass is 1110 g/mol. The van der Waals surface area contributed by atoms with Crippen LogP contribution in [0.4, 0.5) is 0 Å². The molecular weight excluding hydrogens is 985 g/mol. The second-order valence-corrected chi connectivity index (χ2v) is 22.4. The van der Waals surface area contributed by atoms with Gasteiger partial charge in [0.15, 0.2) is 6.10 Å². The van der Waals surface area contributed by atoms with Gasteiger partial charge in [-0.05, 0) is 83.5 Å². The van der Waals surface area contributed by atoms with E-state index in [1.165, 1.54) is 173 Å². The van der Waals surface area contributed by atoms with E-state index in [4.69, 9.17) is 14.2 Å². The first-order valence-corrected chi connectivity index (χ1v) is 33.9. The third-order valence-electron chi connectivity index (χ3n) is 14.5. The van der Waals surface area contributed by atoms with E-state index in [9.17, 15) is 14.4 Å². The number of hydrogen-bond donors (Lipinski definition) is 0. The third kappa shape index (κ3) is 64.9. The van der Waals surface area contributed by atoms with Crippen molar-refractivity contribution in [3.8, 4) is 0 Å². The molecule has 0 saturated carbocycles. The molecule has 6 heteroatoms. The smallest absolute Gasteiger partial charge is 0.306 e. The molecule has 1 atom stereocenters. The number of rotatable bonds is 61. The molecule has 0 bridgehead atoms. The summed E-state index contributed by atoms with van der Waals surface area (Å²) in [5.74, 6) is -0.957. The summed E-state index contributed by atoms with van der Waals surface area (Å²) < 4.78 is 16.8. The molecule has 0 aliphatic heterocycles. The molecule has 0 aromatic heterocycles. The lowest BCUT2D eigenvalue weighted by Crippen LogP contribution is -2.30. The molecule has 0 fully saturated rings. The van der Waals surface area contributed by atoms with Gasteiger partial charge in [-0.3, -0.25) is 14.4 Å². The molecule has 458 valence electrons. The molecule has 0 aliphatic rings. The predicted molar refractivity (Wildman–Crippen MR) is 348 cm³/mol. The van der Waals surface area contributed by atoms with Gasteiger partial charge in [-0.25, -0.2) is 0 Å². The molecule has 6 nitrogen and oxygen atoms in total. The highest BCUT2D eigenvalue weighted by atomic mass is 16.6. The molecule has 0 heterocycles. The van der Waals surface area contributed by atoms with Crippen LogP contribution in [0, 0.1) is 0 Å². The van der Waals surface area contributed by atoms with Crippen LogP contribution in [0.25, 0.3) is 0 Å². The maximum atomic E-state index is 12.9. The molecule has 0 aromatic rings. The van der Waals surface area contributed by atoms with Crippen molar-refractivity contribution in [2.24, 2.45) is 0 Å². The Balaban J connectivity index is 4.16. The van der Waals surface area contributed by atoms with Crippen molar-refractivity contribution < 1.29 is 28.6 Å². The number of allylic oxidation sites excluding steroid dienone is 18. The molecule has 0 saturated heterocycles. The highest BCUT2D eigenvalue weighted by molar-refractivity contribution is 5.71. The van der Waals surface area contributed by atoms with Gasteiger partial charge in [0.2, 0.25) is 0 Å². The van der Waals surface area contributed by atoms with Gasteiger partial charge in [0.1, 0.15) is 13.2 Å². The molecule has 80 heavy (non-hydrogen) atoms. The number of hydrogen-bond acceptors (Lipinski definition) is 6. The summed E-state index contributed by atoms with van der Waals surface area (Å²) >= 11 is 0. The quantitative estimate of drug-likeness (QED) is 0.0261. The maximum Gasteiger partial charge on any atom is 0.306 e. The number of ether oxygens (including phenoxy) is 3. The topological polar surface area (TPSA) is 78.9 Å². The average molecular weight is 1110 g/mol. The van der Waals surface area contributed by atoms with E-state index < -0.39 is 6.10 Å². The van der Waals surface area contributed by atoms with Crippen LogP contribution in [-0.2, 0) is 28.6 Å². The molecule has 0 spiro atoms. The maximum absolute atomic E-state index is 12.9. The zero-order valence-corrected chi connectivity index (χ0v) is 52.6. The van der Waals surface area contributed by atoms with Gasteiger partial charge in [0.25, 0.3) is 0 Å². The van der Waals surface area contributed by atoms with E-state index in [2.05, 4.69) is 130 Å². The van der Waals surface area contributed by atoms with Gasteiger partial charge in [-0.2, -0.15) is 0 Å². The van der Waals surface area contributed by atoms with Crippen molar-refractivity contribution >= 4 is 17.9 Å². The molecule has 0 aliphatic carbocycles. The minimum Gasteiger partial charge on any atom is -0.462 e. The first-order valence-electron chi connectivity index (χ1n) is 33.9. The summed E-state index contributed by atoms with van der Waals surface area (Å²) in [6.07, 6.45) is 93.0. The fourth-order valence-corrected chi connectivity index (χ4v) is 9.51. The lowest BCUT2D eigenvalue weighted by Gasteiger charge is -2.18. The fourth-order valence-electron chi connectivity index (χ4n) is 9.51. The highest BCUT2D eigenvalue weighted by Crippen LogP contribution is 2.17. The largest absolute Gasteiger partial charge is 0.462 e. The van der Waals surface area contributed by atoms with Crippen LogP contribution in [0.1, 0.15) is 323 Å². The van der Waals surface area contributed by atoms with Crippen LogP contribution < -0.4 is 0 Å². The van der Waals surface area contributed by atoms with E-state index in [0.29, 0.717) is 19.3 Å². The van der Waals surface area contributed by atoms with Crippen molar-refractivity contribution in [3.05, 3.63) is 109 Å². The Labute approximate surface area is 495 Å². The summed E-state index contributed by atoms with van der Waals surface area (Å²) in [6, 6.07) is 0. The minimum absolute atomic E-state index is 0.0945. The number of carbonyl (C=O) groups is 3. The Morgan fingerprint density at radius 3 is 0.762 bits per heavy atom. The minimum atomic E-state index is -0.799. The zero-order valence-electron chi connectivity index (χ0n) is 52.6. The molecule has 0 rings (SSSR count). The van der Waals surface area contributed by atoms with Crippen molar-refractivity contribution in [1.82, 2.24) is 0 Å². The van der Waals surface area contributed by atoms with Gasteiger partial charge >= 0.3 is 17.9 Å². The molecule has 0 amide bonds. The lowest BCUT2D eigenvalue weighted by atomic mass is 10.0. The average Bonchev–Trinajstić information content (AvgIpc) is 3.46.